The van der Waals surface area contributed by atoms with Crippen LogP contribution in [-0.4, -0.2) is 34.7 Å². The average molecular weight is 508 g/mol. The Bertz CT molecular complexity index is 1190. The van der Waals surface area contributed by atoms with Gasteiger partial charge in [0.2, 0.25) is 0 Å². The number of aryl methyl sites for hydroxylation is 2. The van der Waals surface area contributed by atoms with Crippen molar-refractivity contribution in [1.82, 2.24) is 4.90 Å². The lowest BCUT2D eigenvalue weighted by Gasteiger charge is -2.28. The van der Waals surface area contributed by atoms with Gasteiger partial charge in [-0.2, -0.15) is 0 Å². The number of hydrogen-bond donors (Lipinski definition) is 2. The minimum absolute atomic E-state index is 0.126. The molecule has 0 aliphatic carbocycles. The third-order valence-corrected chi connectivity index (χ3v) is 7.53. The van der Waals surface area contributed by atoms with Gasteiger partial charge in [-0.15, -0.1) is 0 Å². The summed E-state index contributed by atoms with van der Waals surface area (Å²) < 4.78 is 0. The van der Waals surface area contributed by atoms with Crippen LogP contribution in [0.25, 0.3) is 0 Å². The molecule has 2 atom stereocenters. The first-order valence-corrected chi connectivity index (χ1v) is 13.9. The number of nitrogens with zero attached hydrogens (tertiary/aromatic N) is 1. The van der Waals surface area contributed by atoms with E-state index in [1.54, 1.807) is 0 Å². The first-order chi connectivity index (χ1) is 18.5. The van der Waals surface area contributed by atoms with Crippen LogP contribution in [0.3, 0.4) is 0 Å². The quantitative estimate of drug-likeness (QED) is 0.203. The molecule has 38 heavy (non-hydrogen) atoms. The highest BCUT2D eigenvalue weighted by Crippen LogP contribution is 2.36. The Morgan fingerprint density at radius 3 is 1.39 bits per heavy atom. The summed E-state index contributed by atoms with van der Waals surface area (Å²) in [6, 6.07) is 32.9. The van der Waals surface area contributed by atoms with Gasteiger partial charge in [0.25, 0.3) is 0 Å². The van der Waals surface area contributed by atoms with Gasteiger partial charge in [-0.3, -0.25) is 0 Å². The lowest BCUT2D eigenvalue weighted by atomic mass is 9.86. The van der Waals surface area contributed by atoms with E-state index in [9.17, 15) is 10.2 Å². The third kappa shape index (κ3) is 7.05. The molecule has 4 aromatic rings. The molecule has 4 rings (SSSR count). The fraction of sp³-hybridized carbons (Fsp3) is 0.314. The summed E-state index contributed by atoms with van der Waals surface area (Å²) >= 11 is 0. The van der Waals surface area contributed by atoms with E-state index in [0.717, 1.165) is 61.2 Å². The number of aromatic hydroxyl groups is 2. The SMILES string of the molecule is CCCN(CCC(c1ccccc1)c1cc(C)ccc1O)CCC(c1ccccc1)c1cc(C)ccc1O. The van der Waals surface area contributed by atoms with Gasteiger partial charge in [0.05, 0.1) is 0 Å². The molecule has 0 saturated carbocycles. The molecular weight excluding hydrogens is 466 g/mol. The zero-order valence-electron chi connectivity index (χ0n) is 23.0. The second-order valence-electron chi connectivity index (χ2n) is 10.5. The van der Waals surface area contributed by atoms with Crippen LogP contribution in [0, 0.1) is 13.8 Å². The van der Waals surface area contributed by atoms with Crippen molar-refractivity contribution in [3.05, 3.63) is 130 Å². The van der Waals surface area contributed by atoms with Crippen LogP contribution >= 0.6 is 0 Å². The maximum absolute atomic E-state index is 10.8. The molecule has 0 aliphatic rings. The fourth-order valence-corrected chi connectivity index (χ4v) is 5.56. The highest BCUT2D eigenvalue weighted by Gasteiger charge is 2.22. The second-order valence-corrected chi connectivity index (χ2v) is 10.5. The number of rotatable bonds is 12. The number of phenols is 2. The Labute approximate surface area is 228 Å². The molecular formula is C35H41NO2. The van der Waals surface area contributed by atoms with Crippen molar-refractivity contribution in [1.29, 1.82) is 0 Å². The second kappa shape index (κ2) is 13.3. The Morgan fingerprint density at radius 2 is 1.00 bits per heavy atom. The number of hydrogen-bond acceptors (Lipinski definition) is 3. The number of phenolic OH excluding ortho intramolecular Hbond substituents is 2. The van der Waals surface area contributed by atoms with Crippen LogP contribution in [-0.2, 0) is 0 Å². The Balaban J connectivity index is 1.55. The van der Waals surface area contributed by atoms with E-state index in [4.69, 9.17) is 0 Å². The highest BCUT2D eigenvalue weighted by atomic mass is 16.3. The molecule has 3 nitrogen and oxygen atoms in total. The zero-order valence-corrected chi connectivity index (χ0v) is 23.0. The monoisotopic (exact) mass is 507 g/mol. The first-order valence-electron chi connectivity index (χ1n) is 13.9. The lowest BCUT2D eigenvalue weighted by molar-refractivity contribution is 0.258. The summed E-state index contributed by atoms with van der Waals surface area (Å²) in [5.41, 5.74) is 6.79. The van der Waals surface area contributed by atoms with Crippen LogP contribution in [0.15, 0.2) is 97.1 Å². The molecule has 0 fully saturated rings. The van der Waals surface area contributed by atoms with Gasteiger partial charge in [-0.05, 0) is 76.0 Å². The summed E-state index contributed by atoms with van der Waals surface area (Å²) in [6.45, 7) is 9.28. The molecule has 0 aromatic heterocycles. The largest absolute Gasteiger partial charge is 0.508 e. The van der Waals surface area contributed by atoms with Crippen molar-refractivity contribution in [3.8, 4) is 11.5 Å². The molecule has 0 bridgehead atoms. The normalized spacial score (nSPS) is 12.9. The fourth-order valence-electron chi connectivity index (χ4n) is 5.56. The van der Waals surface area contributed by atoms with Crippen molar-refractivity contribution in [3.63, 3.8) is 0 Å². The van der Waals surface area contributed by atoms with Crippen LogP contribution < -0.4 is 0 Å². The Kier molecular flexibility index (Phi) is 9.62. The topological polar surface area (TPSA) is 43.7 Å². The summed E-state index contributed by atoms with van der Waals surface area (Å²) in [7, 11) is 0. The minimum Gasteiger partial charge on any atom is -0.508 e. The third-order valence-electron chi connectivity index (χ3n) is 7.53. The van der Waals surface area contributed by atoms with E-state index in [0.29, 0.717) is 11.5 Å². The summed E-state index contributed by atoms with van der Waals surface area (Å²) in [4.78, 5) is 2.55. The van der Waals surface area contributed by atoms with Gasteiger partial charge in [0, 0.05) is 23.0 Å². The Hall–Kier alpha value is -3.56. The molecule has 198 valence electrons. The maximum Gasteiger partial charge on any atom is 0.119 e. The summed E-state index contributed by atoms with van der Waals surface area (Å²) in [6.07, 6.45) is 2.93. The molecule has 0 saturated heterocycles. The standard InChI is InChI=1S/C35H41NO2/c1-4-21-36(22-19-30(28-11-7-5-8-12-28)32-24-26(2)15-17-34(32)37)23-20-31(29-13-9-6-10-14-29)33-25-27(3)16-18-35(33)38/h5-18,24-25,30-31,37-38H,4,19-23H2,1-3H3. The predicted octanol–water partition coefficient (Wildman–Crippen LogP) is 8.17. The van der Waals surface area contributed by atoms with Gasteiger partial charge in [0.15, 0.2) is 0 Å². The highest BCUT2D eigenvalue weighted by molar-refractivity contribution is 5.44. The van der Waals surface area contributed by atoms with E-state index >= 15 is 0 Å². The van der Waals surface area contributed by atoms with Crippen molar-refractivity contribution in [2.24, 2.45) is 0 Å². The van der Waals surface area contributed by atoms with Crippen LogP contribution in [0.4, 0.5) is 0 Å². The van der Waals surface area contributed by atoms with Gasteiger partial charge in [-0.25, -0.2) is 0 Å². The molecule has 0 radical (unpaired) electrons. The van der Waals surface area contributed by atoms with Gasteiger partial charge < -0.3 is 15.1 Å². The van der Waals surface area contributed by atoms with Crippen LogP contribution in [0.2, 0.25) is 0 Å². The average Bonchev–Trinajstić information content (AvgIpc) is 2.93. The number of benzene rings is 4. The molecule has 0 amide bonds. The van der Waals surface area contributed by atoms with Crippen molar-refractivity contribution >= 4 is 0 Å². The molecule has 4 aromatic carbocycles. The predicted molar refractivity (Wildman–Crippen MR) is 158 cm³/mol. The molecule has 3 heteroatoms. The molecule has 2 unspecified atom stereocenters. The zero-order chi connectivity index (χ0) is 26.9. The van der Waals surface area contributed by atoms with Gasteiger partial charge in [0.1, 0.15) is 11.5 Å². The molecule has 0 heterocycles. The van der Waals surface area contributed by atoms with Crippen LogP contribution in [0.5, 0.6) is 11.5 Å². The molecule has 2 N–H and O–H groups in total. The van der Waals surface area contributed by atoms with Gasteiger partial charge in [-0.1, -0.05) is 103 Å². The summed E-state index contributed by atoms with van der Waals surface area (Å²) in [5, 5.41) is 21.5. The maximum atomic E-state index is 10.8. The summed E-state index contributed by atoms with van der Waals surface area (Å²) in [5.74, 6) is 0.985. The smallest absolute Gasteiger partial charge is 0.119 e. The van der Waals surface area contributed by atoms with E-state index in [-0.39, 0.29) is 11.8 Å². The molecule has 0 aliphatic heterocycles. The van der Waals surface area contributed by atoms with Crippen molar-refractivity contribution in [2.75, 3.05) is 19.6 Å². The van der Waals surface area contributed by atoms with E-state index in [1.165, 1.54) is 11.1 Å². The van der Waals surface area contributed by atoms with E-state index < -0.39 is 0 Å². The minimum atomic E-state index is 0.126. The Morgan fingerprint density at radius 1 is 0.579 bits per heavy atom. The van der Waals surface area contributed by atoms with Gasteiger partial charge >= 0.3 is 0 Å². The van der Waals surface area contributed by atoms with Crippen LogP contribution in [0.1, 0.15) is 71.4 Å². The first kappa shape index (κ1) is 27.5. The lowest BCUT2D eigenvalue weighted by Crippen LogP contribution is -2.29. The van der Waals surface area contributed by atoms with Crippen molar-refractivity contribution < 1.29 is 10.2 Å². The van der Waals surface area contributed by atoms with E-state index in [2.05, 4.69) is 86.3 Å². The molecule has 0 spiro atoms. The van der Waals surface area contributed by atoms with E-state index in [1.807, 2.05) is 36.4 Å². The van der Waals surface area contributed by atoms with Crippen molar-refractivity contribution in [2.45, 2.75) is 51.9 Å².